The smallest absolute Gasteiger partial charge is 0.410 e. The first-order valence-electron chi connectivity index (χ1n) is 18.5. The van der Waals surface area contributed by atoms with Gasteiger partial charge in [-0.15, -0.1) is 10.2 Å². The number of aromatic amines is 1. The minimum Gasteiger partial charge on any atom is -0.467 e. The van der Waals surface area contributed by atoms with E-state index in [0.717, 1.165) is 85.5 Å². The fraction of sp³-hybridized carbons (Fsp3) is 0.564. The summed E-state index contributed by atoms with van der Waals surface area (Å²) in [5.74, 6) is 1.86. The number of carbonyl (C=O) groups excluding carboxylic acids is 1. The van der Waals surface area contributed by atoms with Gasteiger partial charge in [0, 0.05) is 86.3 Å². The maximum atomic E-state index is 12.4. The van der Waals surface area contributed by atoms with Gasteiger partial charge in [-0.05, 0) is 89.2 Å². The molecule has 1 amide bonds. The molecular formula is C39H50N8O5. The number of amides is 1. The largest absolute Gasteiger partial charge is 0.467 e. The highest BCUT2D eigenvalue weighted by molar-refractivity contribution is 5.86. The van der Waals surface area contributed by atoms with Crippen LogP contribution in [0.5, 0.6) is 5.75 Å². The Kier molecular flexibility index (Phi) is 9.29. The first-order chi connectivity index (χ1) is 25.1. The number of H-pyrrole nitrogens is 1. The van der Waals surface area contributed by atoms with Gasteiger partial charge in [0.05, 0.1) is 18.3 Å². The second-order valence-electron chi connectivity index (χ2n) is 16.0. The van der Waals surface area contributed by atoms with E-state index in [1.165, 1.54) is 18.4 Å². The SMILES string of the molecule is COCOc1ccccc1-c1cc2c3c([nH]c2nn1)CCN(c1ncc(C2CCN(C4CC5(C4)CN(C(=O)OC(C)(C)C)C5)CC2)cn1)[C@H]3COC. The Morgan fingerprint density at radius 1 is 1.00 bits per heavy atom. The number of benzene rings is 1. The highest BCUT2D eigenvalue weighted by Gasteiger charge is 2.55. The molecule has 0 radical (unpaired) electrons. The van der Waals surface area contributed by atoms with E-state index in [2.05, 4.69) is 31.0 Å². The third kappa shape index (κ3) is 6.69. The average molecular weight is 711 g/mol. The average Bonchev–Trinajstić information content (AvgIpc) is 3.48. The van der Waals surface area contributed by atoms with Crippen molar-refractivity contribution < 1.29 is 23.7 Å². The van der Waals surface area contributed by atoms with E-state index in [1.54, 1.807) is 14.2 Å². The molecule has 13 heteroatoms. The number of anilines is 1. The zero-order valence-corrected chi connectivity index (χ0v) is 30.9. The van der Waals surface area contributed by atoms with Gasteiger partial charge < -0.3 is 38.6 Å². The first-order valence-corrected chi connectivity index (χ1v) is 18.5. The quantitative estimate of drug-likeness (QED) is 0.214. The fourth-order valence-electron chi connectivity index (χ4n) is 8.78. The summed E-state index contributed by atoms with van der Waals surface area (Å²) < 4.78 is 22.3. The molecule has 2 saturated heterocycles. The molecule has 6 heterocycles. The molecule has 8 rings (SSSR count). The van der Waals surface area contributed by atoms with Crippen molar-refractivity contribution in [2.24, 2.45) is 5.41 Å². The summed E-state index contributed by atoms with van der Waals surface area (Å²) in [6.07, 6.45) is 9.27. The van der Waals surface area contributed by atoms with Gasteiger partial charge in [-0.1, -0.05) is 12.1 Å². The number of hydrogen-bond acceptors (Lipinski definition) is 11. The van der Waals surface area contributed by atoms with Crippen LogP contribution in [0.3, 0.4) is 0 Å². The highest BCUT2D eigenvalue weighted by Crippen LogP contribution is 2.51. The summed E-state index contributed by atoms with van der Waals surface area (Å²) in [7, 11) is 3.34. The molecule has 1 aliphatic carbocycles. The number of nitrogens with one attached hydrogen (secondary N) is 1. The van der Waals surface area contributed by atoms with E-state index < -0.39 is 5.60 Å². The molecule has 0 bridgehead atoms. The lowest BCUT2D eigenvalue weighted by molar-refractivity contribution is -0.110. The highest BCUT2D eigenvalue weighted by atomic mass is 16.7. The van der Waals surface area contributed by atoms with Gasteiger partial charge in [0.25, 0.3) is 0 Å². The van der Waals surface area contributed by atoms with E-state index in [9.17, 15) is 4.79 Å². The summed E-state index contributed by atoms with van der Waals surface area (Å²) >= 11 is 0. The topological polar surface area (TPSA) is 131 Å². The van der Waals surface area contributed by atoms with E-state index in [-0.39, 0.29) is 18.9 Å². The minimum atomic E-state index is -0.448. The van der Waals surface area contributed by atoms with Gasteiger partial charge in [0.15, 0.2) is 12.4 Å². The lowest BCUT2D eigenvalue weighted by Gasteiger charge is -2.61. The Balaban J connectivity index is 0.914. The van der Waals surface area contributed by atoms with Crippen molar-refractivity contribution in [3.05, 3.63) is 59.5 Å². The Bertz CT molecular complexity index is 1890. The molecule has 13 nitrogen and oxygen atoms in total. The fourth-order valence-corrected chi connectivity index (χ4v) is 8.78. The Labute approximate surface area is 305 Å². The summed E-state index contributed by atoms with van der Waals surface area (Å²) in [5.41, 5.74) is 5.68. The van der Waals surface area contributed by atoms with E-state index in [1.807, 2.05) is 62.3 Å². The van der Waals surface area contributed by atoms with E-state index >= 15 is 0 Å². The second kappa shape index (κ2) is 13.9. The normalized spacial score (nSPS) is 20.8. The van der Waals surface area contributed by atoms with Crippen LogP contribution in [0.1, 0.15) is 75.2 Å². The number of para-hydroxylation sites is 1. The van der Waals surface area contributed by atoms with Crippen molar-refractivity contribution in [1.82, 2.24) is 34.9 Å². The van der Waals surface area contributed by atoms with Crippen LogP contribution in [0.15, 0.2) is 42.7 Å². The predicted molar refractivity (Wildman–Crippen MR) is 196 cm³/mol. The van der Waals surface area contributed by atoms with Gasteiger partial charge in [-0.25, -0.2) is 14.8 Å². The third-order valence-electron chi connectivity index (χ3n) is 11.3. The molecule has 1 aromatic carbocycles. The summed E-state index contributed by atoms with van der Waals surface area (Å²) in [6, 6.07) is 10.4. The molecule has 276 valence electrons. The number of fused-ring (bicyclic) bond motifs is 3. The molecule has 4 aromatic rings. The predicted octanol–water partition coefficient (Wildman–Crippen LogP) is 5.73. The van der Waals surface area contributed by atoms with Gasteiger partial charge in [0.2, 0.25) is 5.95 Å². The van der Waals surface area contributed by atoms with Gasteiger partial charge in [0.1, 0.15) is 11.4 Å². The second-order valence-corrected chi connectivity index (χ2v) is 16.0. The number of piperidine rings is 1. The maximum absolute atomic E-state index is 12.4. The van der Waals surface area contributed by atoms with Crippen LogP contribution >= 0.6 is 0 Å². The lowest BCUT2D eigenvalue weighted by atomic mass is 9.60. The number of aromatic nitrogens is 5. The maximum Gasteiger partial charge on any atom is 0.410 e. The zero-order valence-electron chi connectivity index (χ0n) is 30.9. The molecule has 4 aliphatic rings. The van der Waals surface area contributed by atoms with Crippen molar-refractivity contribution in [2.75, 3.05) is 65.2 Å². The number of likely N-dealkylation sites (tertiary alicyclic amines) is 2. The van der Waals surface area contributed by atoms with Crippen LogP contribution in [0.4, 0.5) is 10.7 Å². The van der Waals surface area contributed by atoms with Gasteiger partial charge in [-0.3, -0.25) is 0 Å². The Morgan fingerprint density at radius 3 is 2.46 bits per heavy atom. The number of rotatable bonds is 9. The Morgan fingerprint density at radius 2 is 1.75 bits per heavy atom. The minimum absolute atomic E-state index is 0.0914. The number of hydrogen-bond donors (Lipinski definition) is 1. The number of ether oxygens (including phenoxy) is 4. The molecular weight excluding hydrogens is 660 g/mol. The van der Waals surface area contributed by atoms with Crippen molar-refractivity contribution in [1.29, 1.82) is 0 Å². The van der Waals surface area contributed by atoms with Crippen LogP contribution in [0, 0.1) is 5.41 Å². The molecule has 1 saturated carbocycles. The number of nitrogens with zero attached hydrogens (tertiary/aromatic N) is 7. The van der Waals surface area contributed by atoms with Crippen molar-refractivity contribution in [3.8, 4) is 17.0 Å². The van der Waals surface area contributed by atoms with Crippen molar-refractivity contribution in [2.45, 2.75) is 76.5 Å². The van der Waals surface area contributed by atoms with Gasteiger partial charge in [-0.2, -0.15) is 0 Å². The summed E-state index contributed by atoms with van der Waals surface area (Å²) in [6.45, 7) is 11.0. The summed E-state index contributed by atoms with van der Waals surface area (Å²) in [4.78, 5) is 32.6. The molecule has 3 aliphatic heterocycles. The molecule has 0 unspecified atom stereocenters. The third-order valence-corrected chi connectivity index (χ3v) is 11.3. The van der Waals surface area contributed by atoms with Crippen LogP contribution < -0.4 is 9.64 Å². The molecule has 1 spiro atoms. The molecule has 3 fully saturated rings. The molecule has 3 aromatic heterocycles. The first kappa shape index (κ1) is 34.7. The van der Waals surface area contributed by atoms with Crippen LogP contribution in [0.25, 0.3) is 22.3 Å². The van der Waals surface area contributed by atoms with Gasteiger partial charge >= 0.3 is 6.09 Å². The molecule has 1 atom stereocenters. The monoisotopic (exact) mass is 710 g/mol. The zero-order chi connectivity index (χ0) is 36.0. The van der Waals surface area contributed by atoms with E-state index in [4.69, 9.17) is 28.9 Å². The van der Waals surface area contributed by atoms with E-state index in [0.29, 0.717) is 35.7 Å². The van der Waals surface area contributed by atoms with Crippen LogP contribution in [-0.4, -0.2) is 113 Å². The molecule has 1 N–H and O–H groups in total. The summed E-state index contributed by atoms with van der Waals surface area (Å²) in [5, 5.41) is 10.2. The lowest BCUT2D eigenvalue weighted by Crippen LogP contribution is -2.68. The molecule has 52 heavy (non-hydrogen) atoms. The number of methoxy groups -OCH3 is 2. The van der Waals surface area contributed by atoms with Crippen molar-refractivity contribution >= 4 is 23.1 Å². The Hall–Kier alpha value is -4.33. The standard InChI is InChI=1S/C39H50N8O5/c1-38(2,3)52-37(48)46-22-39(23-46)17-27(18-39)45-13-10-25(11-14-45)26-19-40-36(41-20-26)47-15-12-30-34(32(47)21-49-4)29-16-31(43-44-35(29)42-30)28-8-6-7-9-33(28)51-24-50-5/h6-9,16,19-20,25,27,32H,10-15,17-18,21-24H2,1-5H3,(H,42,44)/t32-/m0/s1. The van der Waals surface area contributed by atoms with Crippen LogP contribution in [-0.2, 0) is 20.6 Å². The van der Waals surface area contributed by atoms with Crippen LogP contribution in [0.2, 0.25) is 0 Å². The number of carbonyl (C=O) groups is 1. The van der Waals surface area contributed by atoms with Crippen molar-refractivity contribution in [3.63, 3.8) is 0 Å².